The van der Waals surface area contributed by atoms with Crippen LogP contribution in [-0.4, -0.2) is 37.2 Å². The van der Waals surface area contributed by atoms with Gasteiger partial charge in [0.05, 0.1) is 6.42 Å². The monoisotopic (exact) mass is 831 g/mol. The molecule has 0 heterocycles. The van der Waals surface area contributed by atoms with E-state index in [1.54, 1.807) is 6.08 Å². The van der Waals surface area contributed by atoms with E-state index >= 15 is 0 Å². The highest BCUT2D eigenvalue weighted by molar-refractivity contribution is 5.72. The van der Waals surface area contributed by atoms with Crippen LogP contribution in [0.1, 0.15) is 194 Å². The average Bonchev–Trinajstić information content (AvgIpc) is 3.24. The molecule has 0 N–H and O–H groups in total. The molecule has 0 aromatic rings. The Morgan fingerprint density at radius 1 is 0.367 bits per heavy atom. The van der Waals surface area contributed by atoms with Crippen LogP contribution in [0.3, 0.4) is 0 Å². The van der Waals surface area contributed by atoms with Gasteiger partial charge in [0.1, 0.15) is 13.2 Å². The minimum absolute atomic E-state index is 0.0922. The predicted molar refractivity (Wildman–Crippen MR) is 256 cm³/mol. The van der Waals surface area contributed by atoms with Crippen LogP contribution in [0, 0.1) is 0 Å². The van der Waals surface area contributed by atoms with Crippen LogP contribution in [0.4, 0.5) is 0 Å². The van der Waals surface area contributed by atoms with E-state index in [0.29, 0.717) is 12.8 Å². The van der Waals surface area contributed by atoms with Crippen molar-refractivity contribution in [2.45, 2.75) is 200 Å². The first-order valence-corrected chi connectivity index (χ1v) is 23.9. The lowest BCUT2D eigenvalue weighted by atomic mass is 10.1. The summed E-state index contributed by atoms with van der Waals surface area (Å²) in [6.45, 7) is 6.23. The van der Waals surface area contributed by atoms with Crippen LogP contribution in [0.5, 0.6) is 0 Å². The molecule has 0 saturated carbocycles. The fourth-order valence-corrected chi connectivity index (χ4v) is 6.04. The highest BCUT2D eigenvalue weighted by Crippen LogP contribution is 2.13. The first kappa shape index (κ1) is 56.1. The van der Waals surface area contributed by atoms with Gasteiger partial charge in [0, 0.05) is 12.8 Å². The number of ether oxygens (including phenoxy) is 3. The fourth-order valence-electron chi connectivity index (χ4n) is 6.04. The summed E-state index contributed by atoms with van der Waals surface area (Å²) in [6.07, 6.45) is 64.1. The summed E-state index contributed by atoms with van der Waals surface area (Å²) in [5.74, 6) is -1.08. The molecule has 6 heteroatoms. The number of carbonyl (C=O) groups is 3. The van der Waals surface area contributed by atoms with Gasteiger partial charge in [0.15, 0.2) is 6.10 Å². The zero-order valence-electron chi connectivity index (χ0n) is 38.4. The summed E-state index contributed by atoms with van der Waals surface area (Å²) in [5, 5.41) is 0. The molecule has 0 aliphatic carbocycles. The number of rotatable bonds is 41. The molecular formula is C54H86O6. The highest BCUT2D eigenvalue weighted by Gasteiger charge is 2.19. The standard InChI is InChI=1S/C54H86O6/c1-4-7-10-13-16-18-20-22-24-25-26-27-28-29-31-32-34-36-38-41-44-47-53(56)59-50-51(49-58-52(55)46-43-40-15-12-9-6-3)60-54(57)48-45-42-39-37-35-33-30-23-21-19-17-14-11-8-5-2/h7-8,10-11,16-19,22-24,26-27,30,35,37,42,45,51H,4-6,9,12-15,20-21,25,28-29,31-34,36,38-41,43-44,46-50H2,1-3H3/b10-7-,11-8-,18-16-,19-17-,24-22-,27-26-,30-23-,37-35-,45-42-. The summed E-state index contributed by atoms with van der Waals surface area (Å²) < 4.78 is 16.5. The van der Waals surface area contributed by atoms with Crippen LogP contribution in [0.25, 0.3) is 0 Å². The van der Waals surface area contributed by atoms with Gasteiger partial charge in [0.2, 0.25) is 0 Å². The lowest BCUT2D eigenvalue weighted by Crippen LogP contribution is -2.30. The third-order valence-corrected chi connectivity index (χ3v) is 9.56. The van der Waals surface area contributed by atoms with Gasteiger partial charge in [-0.2, -0.15) is 0 Å². The zero-order valence-corrected chi connectivity index (χ0v) is 38.4. The van der Waals surface area contributed by atoms with Crippen molar-refractivity contribution >= 4 is 17.9 Å². The first-order chi connectivity index (χ1) is 29.5. The van der Waals surface area contributed by atoms with Gasteiger partial charge in [-0.05, 0) is 83.5 Å². The largest absolute Gasteiger partial charge is 0.462 e. The van der Waals surface area contributed by atoms with Gasteiger partial charge >= 0.3 is 17.9 Å². The van der Waals surface area contributed by atoms with E-state index in [-0.39, 0.29) is 31.6 Å². The molecule has 0 saturated heterocycles. The topological polar surface area (TPSA) is 78.9 Å². The summed E-state index contributed by atoms with van der Waals surface area (Å²) in [5.41, 5.74) is 0. The Morgan fingerprint density at radius 3 is 1.10 bits per heavy atom. The van der Waals surface area contributed by atoms with Gasteiger partial charge in [0.25, 0.3) is 0 Å². The van der Waals surface area contributed by atoms with Crippen molar-refractivity contribution in [3.63, 3.8) is 0 Å². The first-order valence-electron chi connectivity index (χ1n) is 23.9. The van der Waals surface area contributed by atoms with E-state index in [9.17, 15) is 14.4 Å². The SMILES string of the molecule is CC/C=C\C/C=C\C/C=C\C/C=C\C/C=C\CC(=O)OC(COC(=O)CCCCCCCC)COC(=O)CCCCCCCCCC/C=C\C/C=C\C/C=C\C/C=C\CC. The molecule has 0 rings (SSSR count). The normalized spacial score (nSPS) is 13.1. The Balaban J connectivity index is 4.36. The van der Waals surface area contributed by atoms with E-state index in [1.165, 1.54) is 51.4 Å². The van der Waals surface area contributed by atoms with E-state index in [4.69, 9.17) is 14.2 Å². The molecule has 6 nitrogen and oxygen atoms in total. The maximum absolute atomic E-state index is 12.6. The molecule has 0 aliphatic heterocycles. The second kappa shape index (κ2) is 47.7. The Morgan fingerprint density at radius 2 is 0.700 bits per heavy atom. The Bertz CT molecular complexity index is 1280. The summed E-state index contributed by atoms with van der Waals surface area (Å²) >= 11 is 0. The number of unbranched alkanes of at least 4 members (excludes halogenated alkanes) is 13. The van der Waals surface area contributed by atoms with Crippen LogP contribution in [-0.2, 0) is 28.6 Å². The molecule has 0 bridgehead atoms. The second-order valence-corrected chi connectivity index (χ2v) is 15.3. The molecule has 0 aliphatic rings. The third-order valence-electron chi connectivity index (χ3n) is 9.56. The second-order valence-electron chi connectivity index (χ2n) is 15.3. The lowest BCUT2D eigenvalue weighted by Gasteiger charge is -2.18. The molecule has 0 spiro atoms. The molecule has 0 aromatic heterocycles. The molecule has 0 radical (unpaired) electrons. The average molecular weight is 831 g/mol. The van der Waals surface area contributed by atoms with Gasteiger partial charge in [-0.3, -0.25) is 14.4 Å². The van der Waals surface area contributed by atoms with Crippen molar-refractivity contribution < 1.29 is 28.6 Å². The summed E-state index contributed by atoms with van der Waals surface area (Å²) in [4.78, 5) is 37.6. The lowest BCUT2D eigenvalue weighted by molar-refractivity contribution is -0.166. The minimum atomic E-state index is -0.833. The van der Waals surface area contributed by atoms with E-state index in [1.807, 2.05) is 6.08 Å². The van der Waals surface area contributed by atoms with E-state index < -0.39 is 12.1 Å². The molecule has 1 atom stereocenters. The van der Waals surface area contributed by atoms with Crippen molar-refractivity contribution in [3.8, 4) is 0 Å². The Kier molecular flexibility index (Phi) is 44.6. The van der Waals surface area contributed by atoms with Gasteiger partial charge < -0.3 is 14.2 Å². The quantitative estimate of drug-likeness (QED) is 0.0264. The van der Waals surface area contributed by atoms with E-state index in [2.05, 4.69) is 118 Å². The third kappa shape index (κ3) is 45.2. The maximum Gasteiger partial charge on any atom is 0.310 e. The number of carbonyl (C=O) groups excluding carboxylic acids is 3. The van der Waals surface area contributed by atoms with Crippen LogP contribution < -0.4 is 0 Å². The van der Waals surface area contributed by atoms with Gasteiger partial charge in [-0.1, -0.05) is 201 Å². The van der Waals surface area contributed by atoms with Crippen LogP contribution in [0.2, 0.25) is 0 Å². The Hall–Kier alpha value is -3.93. The number of hydrogen-bond acceptors (Lipinski definition) is 6. The number of esters is 3. The van der Waals surface area contributed by atoms with Crippen molar-refractivity contribution in [2.75, 3.05) is 13.2 Å². The number of hydrogen-bond donors (Lipinski definition) is 0. The highest BCUT2D eigenvalue weighted by atomic mass is 16.6. The van der Waals surface area contributed by atoms with Crippen LogP contribution >= 0.6 is 0 Å². The van der Waals surface area contributed by atoms with Crippen molar-refractivity contribution in [1.82, 2.24) is 0 Å². The zero-order chi connectivity index (χ0) is 43.7. The molecule has 338 valence electrons. The van der Waals surface area contributed by atoms with Crippen molar-refractivity contribution in [1.29, 1.82) is 0 Å². The molecule has 0 aromatic carbocycles. The molecule has 60 heavy (non-hydrogen) atoms. The van der Waals surface area contributed by atoms with Gasteiger partial charge in [-0.15, -0.1) is 0 Å². The smallest absolute Gasteiger partial charge is 0.310 e. The molecule has 0 fully saturated rings. The number of allylic oxidation sites excluding steroid dienone is 17. The minimum Gasteiger partial charge on any atom is -0.462 e. The van der Waals surface area contributed by atoms with Crippen LogP contribution in [0.15, 0.2) is 109 Å². The predicted octanol–water partition coefficient (Wildman–Crippen LogP) is 15.6. The van der Waals surface area contributed by atoms with Gasteiger partial charge in [-0.25, -0.2) is 0 Å². The summed E-state index contributed by atoms with van der Waals surface area (Å²) in [7, 11) is 0. The maximum atomic E-state index is 12.6. The molecule has 1 unspecified atom stereocenters. The molecular weight excluding hydrogens is 745 g/mol. The molecule has 0 amide bonds. The summed E-state index contributed by atoms with van der Waals surface area (Å²) in [6, 6.07) is 0. The fraction of sp³-hybridized carbons (Fsp3) is 0.611. The van der Waals surface area contributed by atoms with Crippen molar-refractivity contribution in [2.24, 2.45) is 0 Å². The Labute approximate surface area is 368 Å². The van der Waals surface area contributed by atoms with Crippen molar-refractivity contribution in [3.05, 3.63) is 109 Å². The van der Waals surface area contributed by atoms with E-state index in [0.717, 1.165) is 103 Å².